The maximum Gasteiger partial charge on any atom is 0.302 e. The van der Waals surface area contributed by atoms with E-state index in [4.69, 9.17) is 23.4 Å². The van der Waals surface area contributed by atoms with Crippen LogP contribution >= 0.6 is 0 Å². The molecule has 1 saturated heterocycles. The second-order valence-corrected chi connectivity index (χ2v) is 8.38. The number of benzene rings is 2. The predicted octanol–water partition coefficient (Wildman–Crippen LogP) is 0.0405. The molecule has 0 radical (unpaired) electrons. The van der Waals surface area contributed by atoms with Gasteiger partial charge in [-0.15, -0.1) is 0 Å². The molecule has 1 aromatic heterocycles. The summed E-state index contributed by atoms with van der Waals surface area (Å²) >= 11 is 0. The average molecular weight is 536 g/mol. The summed E-state index contributed by atoms with van der Waals surface area (Å²) in [5.41, 5.74) is -1.66. The molecule has 4 rings (SSSR count). The van der Waals surface area contributed by atoms with Gasteiger partial charge in [0.2, 0.25) is 23.2 Å². The SMILES string of the molecule is COc1cc(-c2oc3c(O)c(O[C@@H]4O[C@H](COC(C)=O)[C@@H](O)[C@@H](O)[C@@H]4O)cc(O)c3c(=O)c2O)ccc1O. The van der Waals surface area contributed by atoms with Crippen molar-refractivity contribution >= 4 is 16.9 Å². The summed E-state index contributed by atoms with van der Waals surface area (Å²) in [6.07, 6.45) is -8.40. The molecule has 0 bridgehead atoms. The average Bonchev–Trinajstić information content (AvgIpc) is 2.88. The van der Waals surface area contributed by atoms with E-state index in [0.29, 0.717) is 0 Å². The highest BCUT2D eigenvalue weighted by atomic mass is 16.7. The first-order valence-electron chi connectivity index (χ1n) is 11.1. The van der Waals surface area contributed by atoms with Crippen molar-refractivity contribution in [2.45, 2.75) is 37.6 Å². The van der Waals surface area contributed by atoms with Crippen molar-refractivity contribution < 1.29 is 63.9 Å². The molecule has 14 nitrogen and oxygen atoms in total. The van der Waals surface area contributed by atoms with Crippen LogP contribution in [0.1, 0.15) is 6.92 Å². The minimum absolute atomic E-state index is 0.0127. The maximum absolute atomic E-state index is 12.8. The van der Waals surface area contributed by atoms with Gasteiger partial charge in [-0.2, -0.15) is 0 Å². The predicted molar refractivity (Wildman–Crippen MR) is 125 cm³/mol. The summed E-state index contributed by atoms with van der Waals surface area (Å²) in [5, 5.41) is 71.7. The standard InChI is InChI=1S/C24H24O14/c1-8(25)35-7-14-16(28)19(31)21(33)24(37-14)36-13-6-11(27)15-18(30)20(32)22(38-23(15)17(13)29)9-3-4-10(26)12(5-9)34-2/h3-6,14,16,19,21,24,26-29,31-33H,7H2,1-2H3/t14-,16-,19-,21+,24-/m1/s1. The second kappa shape index (κ2) is 10.3. The first-order chi connectivity index (χ1) is 17.9. The van der Waals surface area contributed by atoms with Gasteiger partial charge in [0.15, 0.2) is 28.6 Å². The van der Waals surface area contributed by atoms with Crippen LogP contribution in [0.3, 0.4) is 0 Å². The largest absolute Gasteiger partial charge is 0.507 e. The van der Waals surface area contributed by atoms with Crippen LogP contribution in [0.15, 0.2) is 33.5 Å². The Morgan fingerprint density at radius 1 is 0.947 bits per heavy atom. The highest BCUT2D eigenvalue weighted by molar-refractivity contribution is 5.93. The van der Waals surface area contributed by atoms with Crippen molar-refractivity contribution in [2.75, 3.05) is 13.7 Å². The summed E-state index contributed by atoms with van der Waals surface area (Å²) in [7, 11) is 1.28. The summed E-state index contributed by atoms with van der Waals surface area (Å²) in [5.74, 6) is -4.51. The van der Waals surface area contributed by atoms with Crippen LogP contribution in [0.5, 0.6) is 34.5 Å². The molecule has 204 valence electrons. The van der Waals surface area contributed by atoms with Gasteiger partial charge in [-0.3, -0.25) is 9.59 Å². The molecule has 38 heavy (non-hydrogen) atoms. The van der Waals surface area contributed by atoms with Gasteiger partial charge in [0.05, 0.1) is 7.11 Å². The van der Waals surface area contributed by atoms with Crippen molar-refractivity contribution in [2.24, 2.45) is 0 Å². The molecule has 0 aliphatic carbocycles. The Morgan fingerprint density at radius 2 is 1.66 bits per heavy atom. The quantitative estimate of drug-likeness (QED) is 0.163. The number of aliphatic hydroxyl groups excluding tert-OH is 3. The lowest BCUT2D eigenvalue weighted by atomic mass is 9.99. The zero-order valence-corrected chi connectivity index (χ0v) is 19.9. The summed E-state index contributed by atoms with van der Waals surface area (Å²) < 4.78 is 26.2. The Morgan fingerprint density at radius 3 is 2.32 bits per heavy atom. The third-order valence-corrected chi connectivity index (χ3v) is 5.87. The van der Waals surface area contributed by atoms with Gasteiger partial charge in [0.1, 0.15) is 42.2 Å². The molecule has 3 aromatic rings. The molecule has 2 heterocycles. The van der Waals surface area contributed by atoms with Crippen molar-refractivity contribution in [1.29, 1.82) is 0 Å². The van der Waals surface area contributed by atoms with Gasteiger partial charge in [-0.05, 0) is 18.2 Å². The number of aromatic hydroxyl groups is 4. The van der Waals surface area contributed by atoms with E-state index in [-0.39, 0.29) is 17.1 Å². The van der Waals surface area contributed by atoms with E-state index in [2.05, 4.69) is 0 Å². The lowest BCUT2D eigenvalue weighted by Gasteiger charge is -2.39. The highest BCUT2D eigenvalue weighted by Crippen LogP contribution is 2.44. The van der Waals surface area contributed by atoms with E-state index in [1.807, 2.05) is 0 Å². The zero-order chi connectivity index (χ0) is 27.9. The maximum atomic E-state index is 12.8. The van der Waals surface area contributed by atoms with Gasteiger partial charge in [-0.25, -0.2) is 0 Å². The number of carbonyl (C=O) groups is 1. The molecule has 2 aromatic carbocycles. The van der Waals surface area contributed by atoms with E-state index in [0.717, 1.165) is 13.0 Å². The molecule has 14 heteroatoms. The summed E-state index contributed by atoms with van der Waals surface area (Å²) in [6, 6.07) is 4.54. The van der Waals surface area contributed by atoms with Gasteiger partial charge in [0, 0.05) is 18.6 Å². The van der Waals surface area contributed by atoms with Crippen LogP contribution in [-0.2, 0) is 14.3 Å². The Bertz CT molecular complexity index is 1430. The number of ether oxygens (including phenoxy) is 4. The lowest BCUT2D eigenvalue weighted by molar-refractivity contribution is -0.278. The smallest absolute Gasteiger partial charge is 0.302 e. The number of phenolic OH excluding ortho intramolecular Hbond substituents is 3. The fourth-order valence-electron chi connectivity index (χ4n) is 3.88. The molecule has 0 unspecified atom stereocenters. The van der Waals surface area contributed by atoms with Crippen LogP contribution in [-0.4, -0.2) is 86.1 Å². The van der Waals surface area contributed by atoms with E-state index in [9.17, 15) is 45.3 Å². The molecule has 5 atom stereocenters. The molecule has 1 aliphatic rings. The van der Waals surface area contributed by atoms with Crippen molar-refractivity contribution in [3.8, 4) is 45.8 Å². The van der Waals surface area contributed by atoms with Crippen LogP contribution in [0.4, 0.5) is 0 Å². The van der Waals surface area contributed by atoms with Gasteiger partial charge < -0.3 is 59.1 Å². The monoisotopic (exact) mass is 536 g/mol. The second-order valence-electron chi connectivity index (χ2n) is 8.38. The van der Waals surface area contributed by atoms with Crippen molar-refractivity contribution in [1.82, 2.24) is 0 Å². The highest BCUT2D eigenvalue weighted by Gasteiger charge is 2.46. The molecule has 0 saturated carbocycles. The number of hydrogen-bond acceptors (Lipinski definition) is 14. The normalized spacial score (nSPS) is 23.2. The van der Waals surface area contributed by atoms with Crippen molar-refractivity contribution in [3.05, 3.63) is 34.5 Å². The van der Waals surface area contributed by atoms with Crippen LogP contribution < -0.4 is 14.9 Å². The third-order valence-electron chi connectivity index (χ3n) is 5.87. The summed E-state index contributed by atoms with van der Waals surface area (Å²) in [6.45, 7) is 0.612. The van der Waals surface area contributed by atoms with Gasteiger partial charge in [-0.1, -0.05) is 0 Å². The topological polar surface area (TPSA) is 226 Å². The summed E-state index contributed by atoms with van der Waals surface area (Å²) in [4.78, 5) is 24.0. The van der Waals surface area contributed by atoms with Gasteiger partial charge >= 0.3 is 5.97 Å². The number of rotatable bonds is 6. The first-order valence-corrected chi connectivity index (χ1v) is 11.1. The molecular formula is C24H24O14. The van der Waals surface area contributed by atoms with E-state index >= 15 is 0 Å². The minimum Gasteiger partial charge on any atom is -0.507 e. The number of aliphatic hydroxyl groups is 3. The Kier molecular flexibility index (Phi) is 7.24. The number of fused-ring (bicyclic) bond motifs is 1. The Labute approximate surface area is 213 Å². The lowest BCUT2D eigenvalue weighted by Crippen LogP contribution is -2.60. The van der Waals surface area contributed by atoms with Crippen LogP contribution in [0.2, 0.25) is 0 Å². The minimum atomic E-state index is -1.86. The van der Waals surface area contributed by atoms with E-state index < -0.39 is 88.4 Å². The molecule has 7 N–H and O–H groups in total. The number of esters is 1. The number of carbonyl (C=O) groups excluding carboxylic acids is 1. The molecule has 0 spiro atoms. The fraction of sp³-hybridized carbons (Fsp3) is 0.333. The number of phenols is 3. The molecular weight excluding hydrogens is 512 g/mol. The fourth-order valence-corrected chi connectivity index (χ4v) is 3.88. The molecule has 1 aliphatic heterocycles. The molecule has 0 amide bonds. The number of methoxy groups -OCH3 is 1. The Hall–Kier alpha value is -4.24. The van der Waals surface area contributed by atoms with Crippen LogP contribution in [0, 0.1) is 0 Å². The molecule has 1 fully saturated rings. The van der Waals surface area contributed by atoms with Crippen molar-refractivity contribution in [3.63, 3.8) is 0 Å². The first kappa shape index (κ1) is 26.8. The Balaban J connectivity index is 1.77. The van der Waals surface area contributed by atoms with Crippen LogP contribution in [0.25, 0.3) is 22.3 Å². The van der Waals surface area contributed by atoms with Gasteiger partial charge in [0.25, 0.3) is 0 Å². The zero-order valence-electron chi connectivity index (χ0n) is 19.9. The third kappa shape index (κ3) is 4.72. The van der Waals surface area contributed by atoms with E-state index in [1.165, 1.54) is 25.3 Å². The van der Waals surface area contributed by atoms with E-state index in [1.54, 1.807) is 0 Å². The number of hydrogen-bond donors (Lipinski definition) is 7.